The van der Waals surface area contributed by atoms with Crippen LogP contribution in [0.3, 0.4) is 0 Å². The van der Waals surface area contributed by atoms with Gasteiger partial charge >= 0.3 is 19.6 Å². The summed E-state index contributed by atoms with van der Waals surface area (Å²) in [7, 11) is -4.59. The zero-order valence-electron chi connectivity index (χ0n) is 19.4. The maximum atomic E-state index is 13.5. The molecule has 12 heteroatoms. The number of carbonyl (C=O) groups is 2. The zero-order chi connectivity index (χ0) is 25.8. The van der Waals surface area contributed by atoms with Crippen molar-refractivity contribution in [2.24, 2.45) is 5.92 Å². The van der Waals surface area contributed by atoms with Gasteiger partial charge in [-0.1, -0.05) is 50.2 Å². The highest BCUT2D eigenvalue weighted by molar-refractivity contribution is 7.51. The van der Waals surface area contributed by atoms with Crippen LogP contribution < -0.4 is 0 Å². The smallest absolute Gasteiger partial charge is 0.344 e. The number of fused-ring (bicyclic) bond motifs is 1. The molecule has 1 unspecified atom stereocenters. The Bertz CT molecular complexity index is 1130. The van der Waals surface area contributed by atoms with Gasteiger partial charge in [-0.15, -0.1) is 0 Å². The minimum Gasteiger partial charge on any atom is -0.459 e. The first-order valence-electron chi connectivity index (χ1n) is 11.0. The van der Waals surface area contributed by atoms with Crippen molar-refractivity contribution < 1.29 is 33.6 Å². The molecule has 0 bridgehead atoms. The molecule has 1 aliphatic heterocycles. The third-order valence-corrected chi connectivity index (χ3v) is 6.19. The van der Waals surface area contributed by atoms with Crippen LogP contribution in [0.5, 0.6) is 0 Å². The van der Waals surface area contributed by atoms with E-state index >= 15 is 0 Å². The Balaban J connectivity index is 1.92. The number of urea groups is 1. The molecule has 2 aromatic rings. The lowest BCUT2D eigenvalue weighted by atomic mass is 9.93. The number of hydrogen-bond acceptors (Lipinski definition) is 6. The van der Waals surface area contributed by atoms with E-state index in [1.54, 1.807) is 44.2 Å². The van der Waals surface area contributed by atoms with Gasteiger partial charge in [0.15, 0.2) is 0 Å². The zero-order valence-corrected chi connectivity index (χ0v) is 20.3. The minimum absolute atomic E-state index is 0.0104. The summed E-state index contributed by atoms with van der Waals surface area (Å²) in [6.45, 7) is 3.48. The second kappa shape index (κ2) is 11.0. The van der Waals surface area contributed by atoms with Crippen LogP contribution in [-0.4, -0.2) is 55.4 Å². The molecule has 2 aromatic carbocycles. The standard InChI is InChI=1S/C23H28N3O8P/c1-16(2)12-24(15-35(31,32)33)23(28)25-13-19-10-20(26(29)30)9-8-18(19)11-21(25)22(27)34-14-17-6-4-3-5-7-17/h3-10,16,21H,11-15H2,1-2H3,(H2,31,32,33). The van der Waals surface area contributed by atoms with Gasteiger partial charge in [0.05, 0.1) is 4.92 Å². The van der Waals surface area contributed by atoms with Crippen molar-refractivity contribution in [3.63, 3.8) is 0 Å². The van der Waals surface area contributed by atoms with E-state index in [0.717, 1.165) is 10.5 Å². The number of hydrogen-bond donors (Lipinski definition) is 2. The molecule has 0 spiro atoms. The number of nitrogens with zero attached hydrogens (tertiary/aromatic N) is 3. The highest BCUT2D eigenvalue weighted by atomic mass is 31.2. The van der Waals surface area contributed by atoms with E-state index in [1.165, 1.54) is 17.0 Å². The van der Waals surface area contributed by atoms with E-state index in [1.807, 2.05) is 6.07 Å². The fourth-order valence-corrected chi connectivity index (χ4v) is 4.64. The Labute approximate surface area is 202 Å². The SMILES string of the molecule is CC(C)CN(CP(=O)(O)O)C(=O)N1Cc2cc([N+](=O)[O-])ccc2CC1C(=O)OCc1ccccc1. The molecule has 188 valence electrons. The maximum Gasteiger partial charge on any atom is 0.344 e. The van der Waals surface area contributed by atoms with Crippen molar-refractivity contribution in [1.82, 2.24) is 9.80 Å². The summed E-state index contributed by atoms with van der Waals surface area (Å²) >= 11 is 0. The van der Waals surface area contributed by atoms with Crippen LogP contribution >= 0.6 is 7.60 Å². The van der Waals surface area contributed by atoms with Crippen LogP contribution in [0.15, 0.2) is 48.5 Å². The molecule has 2 N–H and O–H groups in total. The number of nitro groups is 1. The molecule has 0 aromatic heterocycles. The summed E-state index contributed by atoms with van der Waals surface area (Å²) in [6.07, 6.45) is -0.758. The second-order valence-corrected chi connectivity index (χ2v) is 10.5. The number of esters is 1. The van der Waals surface area contributed by atoms with Gasteiger partial charge in [0.1, 0.15) is 18.9 Å². The molecule has 2 amide bonds. The Kier molecular flexibility index (Phi) is 8.26. The Hall–Kier alpha value is -3.27. The van der Waals surface area contributed by atoms with E-state index in [-0.39, 0.29) is 37.7 Å². The van der Waals surface area contributed by atoms with Gasteiger partial charge in [-0.25, -0.2) is 9.59 Å². The van der Waals surface area contributed by atoms with Crippen molar-refractivity contribution in [2.75, 3.05) is 12.8 Å². The molecule has 0 radical (unpaired) electrons. The Morgan fingerprint density at radius 2 is 1.89 bits per heavy atom. The van der Waals surface area contributed by atoms with Gasteiger partial charge in [0.25, 0.3) is 5.69 Å². The number of rotatable bonds is 8. The summed E-state index contributed by atoms with van der Waals surface area (Å²) in [5.74, 6) is -0.779. The Morgan fingerprint density at radius 1 is 1.20 bits per heavy atom. The van der Waals surface area contributed by atoms with E-state index in [2.05, 4.69) is 0 Å². The van der Waals surface area contributed by atoms with E-state index in [4.69, 9.17) is 4.74 Å². The first kappa shape index (κ1) is 26.3. The van der Waals surface area contributed by atoms with Crippen molar-refractivity contribution >= 4 is 25.3 Å². The predicted octanol–water partition coefficient (Wildman–Crippen LogP) is 3.28. The highest BCUT2D eigenvalue weighted by Crippen LogP contribution is 2.36. The summed E-state index contributed by atoms with van der Waals surface area (Å²) in [5, 5.41) is 11.2. The molecule has 35 heavy (non-hydrogen) atoms. The topological polar surface area (TPSA) is 151 Å². The molecule has 11 nitrogen and oxygen atoms in total. The van der Waals surface area contributed by atoms with E-state index in [9.17, 15) is 34.1 Å². The largest absolute Gasteiger partial charge is 0.459 e. The molecule has 0 aliphatic carbocycles. The average Bonchev–Trinajstić information content (AvgIpc) is 2.79. The van der Waals surface area contributed by atoms with Crippen molar-refractivity contribution in [3.8, 4) is 0 Å². The normalized spacial score (nSPS) is 15.5. The molecular formula is C23H28N3O8P. The quantitative estimate of drug-likeness (QED) is 0.240. The fraction of sp³-hybridized carbons (Fsp3) is 0.391. The first-order valence-corrected chi connectivity index (χ1v) is 12.8. The molecule has 0 saturated heterocycles. The lowest BCUT2D eigenvalue weighted by Gasteiger charge is -2.39. The van der Waals surface area contributed by atoms with Crippen molar-refractivity contribution in [3.05, 3.63) is 75.3 Å². The minimum atomic E-state index is -4.59. The first-order chi connectivity index (χ1) is 16.4. The van der Waals surface area contributed by atoms with Crippen LogP contribution in [-0.2, 0) is 33.7 Å². The molecule has 1 atom stereocenters. The van der Waals surface area contributed by atoms with Gasteiger partial charge in [-0.2, -0.15) is 0 Å². The van der Waals surface area contributed by atoms with Crippen molar-refractivity contribution in [2.45, 2.75) is 39.5 Å². The van der Waals surface area contributed by atoms with Crippen LogP contribution in [0, 0.1) is 16.0 Å². The van der Waals surface area contributed by atoms with Gasteiger partial charge in [-0.3, -0.25) is 14.7 Å². The summed E-state index contributed by atoms with van der Waals surface area (Å²) in [6, 6.07) is 11.4. The number of amides is 2. The third-order valence-electron chi connectivity index (χ3n) is 5.48. The number of benzene rings is 2. The number of nitro benzene ring substituents is 1. The van der Waals surface area contributed by atoms with Crippen molar-refractivity contribution in [1.29, 1.82) is 0 Å². The monoisotopic (exact) mass is 505 g/mol. The van der Waals surface area contributed by atoms with Crippen LogP contribution in [0.25, 0.3) is 0 Å². The molecule has 3 rings (SSSR count). The maximum absolute atomic E-state index is 13.5. The van der Waals surface area contributed by atoms with Crippen LogP contribution in [0.4, 0.5) is 10.5 Å². The van der Waals surface area contributed by atoms with E-state index < -0.39 is 36.8 Å². The lowest BCUT2D eigenvalue weighted by molar-refractivity contribution is -0.385. The molecular weight excluding hydrogens is 477 g/mol. The number of carbonyl (C=O) groups excluding carboxylic acids is 2. The number of non-ortho nitro benzene ring substituents is 1. The molecule has 1 aliphatic rings. The summed E-state index contributed by atoms with van der Waals surface area (Å²) in [4.78, 5) is 58.5. The summed E-state index contributed by atoms with van der Waals surface area (Å²) in [5.41, 5.74) is 1.75. The number of ether oxygens (including phenoxy) is 1. The average molecular weight is 505 g/mol. The van der Waals surface area contributed by atoms with Gasteiger partial charge in [-0.05, 0) is 22.6 Å². The van der Waals surface area contributed by atoms with Gasteiger partial charge in [0, 0.05) is 31.6 Å². The molecule has 1 heterocycles. The highest BCUT2D eigenvalue weighted by Gasteiger charge is 2.39. The molecule has 0 fully saturated rings. The Morgan fingerprint density at radius 3 is 2.49 bits per heavy atom. The predicted molar refractivity (Wildman–Crippen MR) is 126 cm³/mol. The molecule has 0 saturated carbocycles. The van der Waals surface area contributed by atoms with Gasteiger partial charge in [0.2, 0.25) is 0 Å². The van der Waals surface area contributed by atoms with E-state index in [0.29, 0.717) is 11.1 Å². The van der Waals surface area contributed by atoms with Crippen LogP contribution in [0.1, 0.15) is 30.5 Å². The lowest BCUT2D eigenvalue weighted by Crippen LogP contribution is -2.54. The second-order valence-electron chi connectivity index (χ2n) is 8.86. The fourth-order valence-electron chi connectivity index (χ4n) is 3.96. The summed E-state index contributed by atoms with van der Waals surface area (Å²) < 4.78 is 17.2. The van der Waals surface area contributed by atoms with Crippen LogP contribution in [0.2, 0.25) is 0 Å². The van der Waals surface area contributed by atoms with Gasteiger partial charge < -0.3 is 24.3 Å². The third kappa shape index (κ3) is 7.11.